The molecule has 0 bridgehead atoms. The van der Waals surface area contributed by atoms with Crippen LogP contribution in [0, 0.1) is 11.3 Å². The Bertz CT molecular complexity index is 232. The number of ketones is 1. The first-order valence-electron chi connectivity index (χ1n) is 2.42. The quantitative estimate of drug-likeness (QED) is 0.364. The third-order valence-corrected chi connectivity index (χ3v) is 0.948. The number of nitrogens with zero attached hydrogens (tertiary/aromatic N) is 1. The molecule has 1 aliphatic rings. The van der Waals surface area contributed by atoms with E-state index in [0.717, 1.165) is 0 Å². The summed E-state index contributed by atoms with van der Waals surface area (Å²) in [7, 11) is 0. The smallest absolute Gasteiger partial charge is 0.204 e. The lowest BCUT2D eigenvalue weighted by atomic mass is 10.3. The van der Waals surface area contributed by atoms with Crippen LogP contribution in [0.3, 0.4) is 0 Å². The van der Waals surface area contributed by atoms with Gasteiger partial charge in [-0.05, 0) is 0 Å². The average molecular weight is 120 g/mol. The molecule has 44 valence electrons. The zero-order valence-corrected chi connectivity index (χ0v) is 4.59. The minimum atomic E-state index is -0.142. The highest BCUT2D eigenvalue weighted by Gasteiger charge is 2.08. The second kappa shape index (κ2) is 2.14. The predicted molar refractivity (Wildman–Crippen MR) is 31.0 cm³/mol. The highest BCUT2D eigenvalue weighted by atomic mass is 16.1. The van der Waals surface area contributed by atoms with E-state index in [4.69, 9.17) is 5.26 Å². The first kappa shape index (κ1) is 5.57. The predicted octanol–water partition coefficient (Wildman–Crippen LogP) is 0.0799. The van der Waals surface area contributed by atoms with Crippen LogP contribution in [0.2, 0.25) is 0 Å². The van der Waals surface area contributed by atoms with Gasteiger partial charge in [0.15, 0.2) is 0 Å². The van der Waals surface area contributed by atoms with Crippen LogP contribution in [0.25, 0.3) is 0 Å². The van der Waals surface area contributed by atoms with Gasteiger partial charge < -0.3 is 5.32 Å². The normalized spacial score (nSPS) is 19.9. The van der Waals surface area contributed by atoms with Crippen LogP contribution in [-0.2, 0) is 4.79 Å². The van der Waals surface area contributed by atoms with Gasteiger partial charge in [0.2, 0.25) is 5.78 Å². The standard InChI is InChI=1S/C6H4N2O/c7-3-1-5-6(9)2-4-8-5/h1-2,4,8H. The van der Waals surface area contributed by atoms with Gasteiger partial charge in [-0.2, -0.15) is 5.26 Å². The summed E-state index contributed by atoms with van der Waals surface area (Å²) in [6, 6.07) is 1.75. The van der Waals surface area contributed by atoms with Crippen molar-refractivity contribution in [2.24, 2.45) is 0 Å². The van der Waals surface area contributed by atoms with E-state index in [9.17, 15) is 4.79 Å². The molecule has 0 saturated heterocycles. The van der Waals surface area contributed by atoms with Crippen molar-refractivity contribution in [3.63, 3.8) is 0 Å². The van der Waals surface area contributed by atoms with Crippen molar-refractivity contribution in [2.75, 3.05) is 0 Å². The zero-order chi connectivity index (χ0) is 6.69. The Hall–Kier alpha value is -1.56. The van der Waals surface area contributed by atoms with Crippen molar-refractivity contribution in [3.8, 4) is 6.07 Å². The summed E-state index contributed by atoms with van der Waals surface area (Å²) in [6.07, 6.45) is 4.07. The lowest BCUT2D eigenvalue weighted by Gasteiger charge is -1.88. The lowest BCUT2D eigenvalue weighted by molar-refractivity contribution is -0.111. The van der Waals surface area contributed by atoms with E-state index in [1.54, 1.807) is 6.07 Å². The van der Waals surface area contributed by atoms with Crippen LogP contribution in [0.15, 0.2) is 24.0 Å². The molecule has 0 aromatic heterocycles. The minimum absolute atomic E-state index is 0.142. The zero-order valence-electron chi connectivity index (χ0n) is 4.59. The monoisotopic (exact) mass is 120 g/mol. The molecule has 3 heteroatoms. The summed E-state index contributed by atoms with van der Waals surface area (Å²) in [6.45, 7) is 0. The van der Waals surface area contributed by atoms with Crippen LogP contribution in [0.5, 0.6) is 0 Å². The van der Waals surface area contributed by atoms with Crippen LogP contribution >= 0.6 is 0 Å². The fourth-order valence-electron chi connectivity index (χ4n) is 0.545. The van der Waals surface area contributed by atoms with Crippen LogP contribution < -0.4 is 5.32 Å². The molecular weight excluding hydrogens is 116 g/mol. The van der Waals surface area contributed by atoms with Gasteiger partial charge in [0, 0.05) is 18.4 Å². The number of rotatable bonds is 0. The first-order chi connectivity index (χ1) is 4.34. The molecule has 9 heavy (non-hydrogen) atoms. The summed E-state index contributed by atoms with van der Waals surface area (Å²) in [5, 5.41) is 10.7. The highest BCUT2D eigenvalue weighted by molar-refractivity contribution is 6.06. The molecular formula is C6H4N2O. The number of carbonyl (C=O) groups excluding carboxylic acids is 1. The fraction of sp³-hybridized carbons (Fsp3) is 0. The molecule has 1 N–H and O–H groups in total. The van der Waals surface area contributed by atoms with Gasteiger partial charge in [-0.1, -0.05) is 0 Å². The number of hydrogen-bond acceptors (Lipinski definition) is 3. The van der Waals surface area contributed by atoms with Crippen molar-refractivity contribution in [2.45, 2.75) is 0 Å². The Morgan fingerprint density at radius 1 is 1.78 bits per heavy atom. The fourth-order valence-corrected chi connectivity index (χ4v) is 0.545. The minimum Gasteiger partial charge on any atom is -0.358 e. The maximum absolute atomic E-state index is 10.6. The molecule has 3 nitrogen and oxygen atoms in total. The van der Waals surface area contributed by atoms with E-state index in [1.165, 1.54) is 18.4 Å². The van der Waals surface area contributed by atoms with Gasteiger partial charge in [0.1, 0.15) is 0 Å². The topological polar surface area (TPSA) is 52.9 Å². The molecule has 0 unspecified atom stereocenters. The molecule has 0 fully saturated rings. The molecule has 1 heterocycles. The van der Waals surface area contributed by atoms with E-state index in [1.807, 2.05) is 0 Å². The Morgan fingerprint density at radius 2 is 2.56 bits per heavy atom. The molecule has 0 spiro atoms. The summed E-state index contributed by atoms with van der Waals surface area (Å²) in [4.78, 5) is 10.6. The number of nitriles is 1. The molecule has 0 saturated carbocycles. The van der Waals surface area contributed by atoms with Crippen molar-refractivity contribution >= 4 is 5.78 Å². The summed E-state index contributed by atoms with van der Waals surface area (Å²) >= 11 is 0. The van der Waals surface area contributed by atoms with Gasteiger partial charge in [0.25, 0.3) is 0 Å². The second-order valence-electron chi connectivity index (χ2n) is 1.53. The van der Waals surface area contributed by atoms with Gasteiger partial charge in [0.05, 0.1) is 11.8 Å². The highest BCUT2D eigenvalue weighted by Crippen LogP contribution is 1.98. The Balaban J connectivity index is 2.81. The summed E-state index contributed by atoms with van der Waals surface area (Å²) in [5.41, 5.74) is 0.345. The molecule has 0 aromatic carbocycles. The van der Waals surface area contributed by atoms with Gasteiger partial charge in [-0.15, -0.1) is 0 Å². The Kier molecular flexibility index (Phi) is 1.32. The van der Waals surface area contributed by atoms with Crippen molar-refractivity contribution in [1.29, 1.82) is 5.26 Å². The van der Waals surface area contributed by atoms with Crippen LogP contribution in [-0.4, -0.2) is 5.78 Å². The van der Waals surface area contributed by atoms with Gasteiger partial charge in [-0.25, -0.2) is 0 Å². The average Bonchev–Trinajstić information content (AvgIpc) is 2.18. The van der Waals surface area contributed by atoms with Crippen LogP contribution in [0.4, 0.5) is 0 Å². The summed E-state index contributed by atoms with van der Waals surface area (Å²) in [5.74, 6) is -0.142. The number of nitrogens with one attached hydrogen (secondary N) is 1. The Labute approximate surface area is 52.3 Å². The van der Waals surface area contributed by atoms with Crippen molar-refractivity contribution in [1.82, 2.24) is 5.32 Å². The number of allylic oxidation sites excluding steroid dienone is 2. The molecule has 0 amide bonds. The number of carbonyl (C=O) groups is 1. The van der Waals surface area contributed by atoms with Gasteiger partial charge >= 0.3 is 0 Å². The number of hydrogen-bond donors (Lipinski definition) is 1. The summed E-state index contributed by atoms with van der Waals surface area (Å²) < 4.78 is 0. The second-order valence-corrected chi connectivity index (χ2v) is 1.53. The van der Waals surface area contributed by atoms with Crippen LogP contribution in [0.1, 0.15) is 0 Å². The molecule has 0 atom stereocenters. The maximum atomic E-state index is 10.6. The van der Waals surface area contributed by atoms with E-state index < -0.39 is 0 Å². The van der Waals surface area contributed by atoms with Gasteiger partial charge in [-0.3, -0.25) is 4.79 Å². The largest absolute Gasteiger partial charge is 0.358 e. The van der Waals surface area contributed by atoms with Crippen molar-refractivity contribution < 1.29 is 4.79 Å². The SMILES string of the molecule is N#CC=C1NC=CC1=O. The molecule has 1 rings (SSSR count). The third kappa shape index (κ3) is 0.970. The van der Waals surface area contributed by atoms with Crippen molar-refractivity contribution in [3.05, 3.63) is 24.0 Å². The molecule has 0 aromatic rings. The molecule has 1 aliphatic heterocycles. The van der Waals surface area contributed by atoms with E-state index in [0.29, 0.717) is 5.70 Å². The van der Waals surface area contributed by atoms with E-state index >= 15 is 0 Å². The maximum Gasteiger partial charge on any atom is 0.204 e. The lowest BCUT2D eigenvalue weighted by Crippen LogP contribution is -2.04. The first-order valence-corrected chi connectivity index (χ1v) is 2.42. The third-order valence-electron chi connectivity index (χ3n) is 0.948. The van der Waals surface area contributed by atoms with E-state index in [2.05, 4.69) is 5.32 Å². The Morgan fingerprint density at radius 3 is 3.00 bits per heavy atom. The van der Waals surface area contributed by atoms with E-state index in [-0.39, 0.29) is 5.78 Å². The molecule has 0 aliphatic carbocycles. The molecule has 0 radical (unpaired) electrons.